The Morgan fingerprint density at radius 1 is 1.17 bits per heavy atom. The summed E-state index contributed by atoms with van der Waals surface area (Å²) in [5.41, 5.74) is 5.23. The van der Waals surface area contributed by atoms with Gasteiger partial charge in [-0.15, -0.1) is 0 Å². The number of hydrogen-bond donors (Lipinski definition) is 0. The molecule has 0 rings (SSSR count). The van der Waals surface area contributed by atoms with E-state index in [-0.39, 0.29) is 0 Å². The SMILES string of the molecule is CCC(C=C[SiH2]Cl)=C(CC)CC. The Kier molecular flexibility index (Phi) is 7.62. The van der Waals surface area contributed by atoms with Gasteiger partial charge in [-0.2, -0.15) is 11.1 Å². The lowest BCUT2D eigenvalue weighted by Crippen LogP contribution is -1.86. The van der Waals surface area contributed by atoms with Crippen LogP contribution in [-0.2, 0) is 0 Å². The molecule has 0 heterocycles. The molecule has 12 heavy (non-hydrogen) atoms. The number of hydrogen-bond acceptors (Lipinski definition) is 0. The van der Waals surface area contributed by atoms with Crippen LogP contribution in [0.2, 0.25) is 0 Å². The minimum atomic E-state index is -0.428. The van der Waals surface area contributed by atoms with E-state index in [1.54, 1.807) is 5.57 Å². The average Bonchev–Trinajstić information content (AvgIpc) is 2.12. The predicted octanol–water partition coefficient (Wildman–Crippen LogP) is 3.35. The van der Waals surface area contributed by atoms with Crippen molar-refractivity contribution in [1.29, 1.82) is 0 Å². The van der Waals surface area contributed by atoms with Crippen molar-refractivity contribution in [2.75, 3.05) is 0 Å². The zero-order valence-electron chi connectivity index (χ0n) is 8.36. The molecule has 0 saturated carbocycles. The van der Waals surface area contributed by atoms with E-state index in [1.165, 1.54) is 18.4 Å². The van der Waals surface area contributed by atoms with Gasteiger partial charge in [-0.25, -0.2) is 0 Å². The van der Waals surface area contributed by atoms with Crippen molar-refractivity contribution in [1.82, 2.24) is 0 Å². The normalized spacial score (nSPS) is 11.7. The monoisotopic (exact) mass is 202 g/mol. The molecule has 0 aliphatic carbocycles. The van der Waals surface area contributed by atoms with E-state index in [0.29, 0.717) is 0 Å². The van der Waals surface area contributed by atoms with Crippen molar-refractivity contribution in [3.8, 4) is 0 Å². The summed E-state index contributed by atoms with van der Waals surface area (Å²) in [6, 6.07) is 0. The summed E-state index contributed by atoms with van der Waals surface area (Å²) < 4.78 is 0. The Hall–Kier alpha value is -0.0131. The third-order valence-electron chi connectivity index (χ3n) is 2.10. The fourth-order valence-electron chi connectivity index (χ4n) is 1.38. The molecule has 0 spiro atoms. The highest BCUT2D eigenvalue weighted by Crippen LogP contribution is 2.16. The predicted molar refractivity (Wildman–Crippen MR) is 61.4 cm³/mol. The second-order valence-electron chi connectivity index (χ2n) is 2.75. The van der Waals surface area contributed by atoms with Crippen molar-refractivity contribution >= 4 is 19.9 Å². The van der Waals surface area contributed by atoms with Crippen molar-refractivity contribution in [2.24, 2.45) is 0 Å². The summed E-state index contributed by atoms with van der Waals surface area (Å²) in [5.74, 6) is 0. The average molecular weight is 203 g/mol. The van der Waals surface area contributed by atoms with Crippen LogP contribution in [-0.4, -0.2) is 8.83 Å². The highest BCUT2D eigenvalue weighted by Gasteiger charge is 1.96. The van der Waals surface area contributed by atoms with Gasteiger partial charge in [0.25, 0.3) is 0 Å². The first kappa shape index (κ1) is 12.0. The first-order valence-corrected chi connectivity index (χ1v) is 7.68. The molecule has 0 aromatic rings. The van der Waals surface area contributed by atoms with Crippen LogP contribution in [0.1, 0.15) is 40.0 Å². The highest BCUT2D eigenvalue weighted by molar-refractivity contribution is 6.96. The van der Waals surface area contributed by atoms with Crippen LogP contribution in [0, 0.1) is 0 Å². The van der Waals surface area contributed by atoms with Gasteiger partial charge in [-0.3, -0.25) is 0 Å². The van der Waals surface area contributed by atoms with Gasteiger partial charge >= 0.3 is 0 Å². The summed E-state index contributed by atoms with van der Waals surface area (Å²) in [4.78, 5) is 0. The fraction of sp³-hybridized carbons (Fsp3) is 0.600. The minimum Gasteiger partial charge on any atom is -0.171 e. The standard InChI is InChI=1S/C10H19ClSi/c1-4-9(5-2)10(6-3)7-8-12-11/h7-8H,4-6,12H2,1-3H3. The Labute approximate surface area is 83.2 Å². The summed E-state index contributed by atoms with van der Waals surface area (Å²) >= 11 is 5.72. The van der Waals surface area contributed by atoms with Crippen LogP contribution in [0.5, 0.6) is 0 Å². The van der Waals surface area contributed by atoms with Crippen LogP contribution in [0.15, 0.2) is 22.9 Å². The van der Waals surface area contributed by atoms with Crippen LogP contribution < -0.4 is 0 Å². The van der Waals surface area contributed by atoms with E-state index >= 15 is 0 Å². The molecule has 0 N–H and O–H groups in total. The smallest absolute Gasteiger partial charge is 0.148 e. The van der Waals surface area contributed by atoms with Gasteiger partial charge in [-0.1, -0.05) is 38.1 Å². The Balaban J connectivity index is 4.45. The lowest BCUT2D eigenvalue weighted by atomic mass is 10.0. The van der Waals surface area contributed by atoms with Crippen molar-refractivity contribution in [3.05, 3.63) is 22.9 Å². The van der Waals surface area contributed by atoms with Crippen molar-refractivity contribution in [3.63, 3.8) is 0 Å². The van der Waals surface area contributed by atoms with E-state index in [4.69, 9.17) is 11.1 Å². The lowest BCUT2D eigenvalue weighted by molar-refractivity contribution is 0.929. The highest BCUT2D eigenvalue weighted by atomic mass is 35.6. The molecule has 0 amide bonds. The van der Waals surface area contributed by atoms with Crippen LogP contribution in [0.4, 0.5) is 0 Å². The quantitative estimate of drug-likeness (QED) is 0.365. The number of halogens is 1. The zero-order valence-corrected chi connectivity index (χ0v) is 10.5. The first-order chi connectivity index (χ1) is 5.79. The van der Waals surface area contributed by atoms with E-state index in [9.17, 15) is 0 Å². The first-order valence-electron chi connectivity index (χ1n) is 4.73. The second kappa shape index (κ2) is 7.63. The summed E-state index contributed by atoms with van der Waals surface area (Å²) in [5, 5.41) is 0. The third-order valence-corrected chi connectivity index (χ3v) is 3.05. The maximum atomic E-state index is 5.72. The molecular weight excluding hydrogens is 184 g/mol. The maximum Gasteiger partial charge on any atom is 0.148 e. The zero-order chi connectivity index (χ0) is 9.40. The molecule has 70 valence electrons. The largest absolute Gasteiger partial charge is 0.171 e. The molecule has 0 saturated heterocycles. The van der Waals surface area contributed by atoms with Crippen molar-refractivity contribution in [2.45, 2.75) is 40.0 Å². The van der Waals surface area contributed by atoms with E-state index in [0.717, 1.165) is 6.42 Å². The minimum absolute atomic E-state index is 0.428. The Bertz CT molecular complexity index is 165. The molecule has 0 fully saturated rings. The van der Waals surface area contributed by atoms with Gasteiger partial charge in [0, 0.05) is 0 Å². The topological polar surface area (TPSA) is 0 Å². The molecule has 0 aliphatic heterocycles. The second-order valence-corrected chi connectivity index (χ2v) is 4.45. The Morgan fingerprint density at radius 2 is 1.75 bits per heavy atom. The molecule has 2 heteroatoms. The number of allylic oxidation sites excluding steroid dienone is 3. The summed E-state index contributed by atoms with van der Waals surface area (Å²) in [7, 11) is -0.428. The van der Waals surface area contributed by atoms with Crippen LogP contribution in [0.3, 0.4) is 0 Å². The fourth-order valence-corrected chi connectivity index (χ4v) is 2.02. The van der Waals surface area contributed by atoms with Gasteiger partial charge in [0.1, 0.15) is 8.83 Å². The maximum absolute atomic E-state index is 5.72. The molecule has 0 atom stereocenters. The summed E-state index contributed by atoms with van der Waals surface area (Å²) in [6.07, 6.45) is 5.71. The van der Waals surface area contributed by atoms with Gasteiger partial charge in [-0.05, 0) is 24.8 Å². The van der Waals surface area contributed by atoms with Gasteiger partial charge < -0.3 is 0 Å². The molecule has 0 aromatic carbocycles. The van der Waals surface area contributed by atoms with E-state index in [1.807, 2.05) is 0 Å². The van der Waals surface area contributed by atoms with Gasteiger partial charge in [0.2, 0.25) is 0 Å². The molecule has 0 bridgehead atoms. The van der Waals surface area contributed by atoms with E-state index in [2.05, 4.69) is 32.5 Å². The number of rotatable bonds is 5. The Morgan fingerprint density at radius 3 is 2.08 bits per heavy atom. The van der Waals surface area contributed by atoms with Crippen LogP contribution >= 0.6 is 11.1 Å². The van der Waals surface area contributed by atoms with Gasteiger partial charge in [0.05, 0.1) is 0 Å². The summed E-state index contributed by atoms with van der Waals surface area (Å²) in [6.45, 7) is 6.65. The van der Waals surface area contributed by atoms with Crippen molar-refractivity contribution < 1.29 is 0 Å². The molecule has 0 radical (unpaired) electrons. The van der Waals surface area contributed by atoms with Gasteiger partial charge in [0.15, 0.2) is 0 Å². The molecule has 0 nitrogen and oxygen atoms in total. The van der Waals surface area contributed by atoms with Crippen LogP contribution in [0.25, 0.3) is 0 Å². The molecule has 0 unspecified atom stereocenters. The molecular formula is C10H19ClSi. The molecule has 0 aromatic heterocycles. The third kappa shape index (κ3) is 4.12. The van der Waals surface area contributed by atoms with E-state index < -0.39 is 8.83 Å². The molecule has 0 aliphatic rings. The lowest BCUT2D eigenvalue weighted by Gasteiger charge is -2.06.